The standard InChI is InChI=1S/C18H31NO3.ClH/c1-21-9-8-19-6-4-14(5-7-19)13-22-18(20)12-17-11-15-2-3-16(17)10-15;/h14-17H,2-13H2,1H3;1H. The van der Waals surface area contributed by atoms with Crippen LogP contribution < -0.4 is 0 Å². The normalized spacial score (nSPS) is 31.1. The maximum atomic E-state index is 12.1. The molecule has 4 nitrogen and oxygen atoms in total. The summed E-state index contributed by atoms with van der Waals surface area (Å²) in [5, 5.41) is 0. The molecule has 0 aromatic carbocycles. The van der Waals surface area contributed by atoms with Gasteiger partial charge in [-0.2, -0.15) is 0 Å². The van der Waals surface area contributed by atoms with E-state index in [1.165, 1.54) is 25.7 Å². The number of hydrogen-bond acceptors (Lipinski definition) is 4. The average Bonchev–Trinajstić information content (AvgIpc) is 3.14. The van der Waals surface area contributed by atoms with Gasteiger partial charge in [0.15, 0.2) is 0 Å². The molecular formula is C18H32ClNO3. The minimum absolute atomic E-state index is 0. The first-order valence-corrected chi connectivity index (χ1v) is 9.11. The minimum Gasteiger partial charge on any atom is -0.465 e. The summed E-state index contributed by atoms with van der Waals surface area (Å²) in [6.45, 7) is 4.68. The van der Waals surface area contributed by atoms with Gasteiger partial charge in [0.05, 0.1) is 13.2 Å². The fraction of sp³-hybridized carbons (Fsp3) is 0.944. The molecule has 1 heterocycles. The summed E-state index contributed by atoms with van der Waals surface area (Å²) in [7, 11) is 1.75. The van der Waals surface area contributed by atoms with Gasteiger partial charge in [-0.15, -0.1) is 12.4 Å². The second-order valence-electron chi connectivity index (χ2n) is 7.60. The lowest BCUT2D eigenvalue weighted by molar-refractivity contribution is -0.147. The zero-order valence-electron chi connectivity index (χ0n) is 14.4. The number of rotatable bonds is 7. The van der Waals surface area contributed by atoms with Gasteiger partial charge in [0.2, 0.25) is 0 Å². The van der Waals surface area contributed by atoms with E-state index >= 15 is 0 Å². The molecule has 3 atom stereocenters. The van der Waals surface area contributed by atoms with Crippen LogP contribution in [0.25, 0.3) is 0 Å². The van der Waals surface area contributed by atoms with Crippen LogP contribution in [-0.4, -0.2) is 50.8 Å². The fourth-order valence-corrected chi connectivity index (χ4v) is 4.71. The van der Waals surface area contributed by atoms with Crippen LogP contribution in [0.3, 0.4) is 0 Å². The van der Waals surface area contributed by atoms with Gasteiger partial charge in [0.25, 0.3) is 0 Å². The maximum absolute atomic E-state index is 12.1. The van der Waals surface area contributed by atoms with E-state index in [1.807, 2.05) is 0 Å². The molecule has 1 aliphatic heterocycles. The van der Waals surface area contributed by atoms with E-state index < -0.39 is 0 Å². The van der Waals surface area contributed by atoms with E-state index in [2.05, 4.69) is 4.90 Å². The van der Waals surface area contributed by atoms with Crippen molar-refractivity contribution in [3.05, 3.63) is 0 Å². The summed E-state index contributed by atoms with van der Waals surface area (Å²) in [6.07, 6.45) is 8.36. The first kappa shape index (κ1) is 19.0. The molecule has 0 aromatic heterocycles. The minimum atomic E-state index is 0. The van der Waals surface area contributed by atoms with E-state index in [9.17, 15) is 4.79 Å². The van der Waals surface area contributed by atoms with E-state index in [0.29, 0.717) is 24.9 Å². The Labute approximate surface area is 146 Å². The van der Waals surface area contributed by atoms with Crippen molar-refractivity contribution in [1.82, 2.24) is 4.90 Å². The summed E-state index contributed by atoms with van der Waals surface area (Å²) in [5.41, 5.74) is 0. The number of methoxy groups -OCH3 is 1. The SMILES string of the molecule is COCCN1CCC(COC(=O)CC2CC3CCC2C3)CC1.Cl. The van der Waals surface area contributed by atoms with Gasteiger partial charge in [0.1, 0.15) is 0 Å². The van der Waals surface area contributed by atoms with Crippen LogP contribution in [0.5, 0.6) is 0 Å². The molecule has 0 aromatic rings. The van der Waals surface area contributed by atoms with Crippen LogP contribution in [0, 0.1) is 23.7 Å². The number of carbonyl (C=O) groups excluding carboxylic acids is 1. The van der Waals surface area contributed by atoms with Gasteiger partial charge < -0.3 is 14.4 Å². The molecule has 23 heavy (non-hydrogen) atoms. The first-order chi connectivity index (χ1) is 10.7. The zero-order chi connectivity index (χ0) is 15.4. The van der Waals surface area contributed by atoms with Crippen LogP contribution in [0.1, 0.15) is 44.9 Å². The van der Waals surface area contributed by atoms with Gasteiger partial charge in [-0.1, -0.05) is 6.42 Å². The third-order valence-electron chi connectivity index (χ3n) is 6.11. The van der Waals surface area contributed by atoms with E-state index in [-0.39, 0.29) is 18.4 Å². The molecule has 134 valence electrons. The first-order valence-electron chi connectivity index (χ1n) is 9.11. The van der Waals surface area contributed by atoms with Crippen molar-refractivity contribution >= 4 is 18.4 Å². The molecule has 1 saturated heterocycles. The Hall–Kier alpha value is -0.320. The Morgan fingerprint density at radius 3 is 2.52 bits per heavy atom. The van der Waals surface area contributed by atoms with Gasteiger partial charge in [-0.05, 0) is 68.9 Å². The lowest BCUT2D eigenvalue weighted by Crippen LogP contribution is -2.37. The topological polar surface area (TPSA) is 38.8 Å². The average molecular weight is 346 g/mol. The van der Waals surface area contributed by atoms with Crippen LogP contribution in [-0.2, 0) is 14.3 Å². The molecule has 5 heteroatoms. The smallest absolute Gasteiger partial charge is 0.306 e. The number of piperidine rings is 1. The highest BCUT2D eigenvalue weighted by Crippen LogP contribution is 2.49. The van der Waals surface area contributed by atoms with E-state index in [4.69, 9.17) is 9.47 Å². The van der Waals surface area contributed by atoms with E-state index in [0.717, 1.165) is 50.9 Å². The Balaban J connectivity index is 0.00000192. The molecule has 0 N–H and O–H groups in total. The van der Waals surface area contributed by atoms with Gasteiger partial charge >= 0.3 is 5.97 Å². The summed E-state index contributed by atoms with van der Waals surface area (Å²) in [5.74, 6) is 2.98. The highest BCUT2D eigenvalue weighted by Gasteiger charge is 2.40. The number of halogens is 1. The van der Waals surface area contributed by atoms with Crippen molar-refractivity contribution < 1.29 is 14.3 Å². The molecule has 3 aliphatic rings. The van der Waals surface area contributed by atoms with Crippen LogP contribution in [0.15, 0.2) is 0 Å². The number of esters is 1. The van der Waals surface area contributed by atoms with Gasteiger partial charge in [0, 0.05) is 20.1 Å². The summed E-state index contributed by atoms with van der Waals surface area (Å²) in [6, 6.07) is 0. The van der Waals surface area contributed by atoms with Crippen molar-refractivity contribution in [1.29, 1.82) is 0 Å². The van der Waals surface area contributed by atoms with Gasteiger partial charge in [-0.3, -0.25) is 4.79 Å². The van der Waals surface area contributed by atoms with Crippen molar-refractivity contribution in [2.24, 2.45) is 23.7 Å². The Kier molecular flexibility index (Phi) is 7.64. The lowest BCUT2D eigenvalue weighted by Gasteiger charge is -2.31. The Bertz CT molecular complexity index is 371. The number of hydrogen-bond donors (Lipinski definition) is 0. The van der Waals surface area contributed by atoms with Crippen LogP contribution >= 0.6 is 12.4 Å². The molecule has 0 spiro atoms. The monoisotopic (exact) mass is 345 g/mol. The van der Waals surface area contributed by atoms with Crippen molar-refractivity contribution in [2.45, 2.75) is 44.9 Å². The summed E-state index contributed by atoms with van der Waals surface area (Å²) >= 11 is 0. The molecule has 3 unspecified atom stereocenters. The maximum Gasteiger partial charge on any atom is 0.306 e. The molecular weight excluding hydrogens is 314 g/mol. The Morgan fingerprint density at radius 2 is 1.91 bits per heavy atom. The molecule has 0 radical (unpaired) electrons. The second-order valence-corrected chi connectivity index (χ2v) is 7.60. The lowest BCUT2D eigenvalue weighted by atomic mass is 9.86. The summed E-state index contributed by atoms with van der Waals surface area (Å²) < 4.78 is 10.7. The zero-order valence-corrected chi connectivity index (χ0v) is 15.2. The summed E-state index contributed by atoms with van der Waals surface area (Å²) in [4.78, 5) is 14.5. The molecule has 3 fully saturated rings. The van der Waals surface area contributed by atoms with Crippen molar-refractivity contribution in [3.63, 3.8) is 0 Å². The molecule has 0 amide bonds. The number of ether oxygens (including phenoxy) is 2. The third-order valence-corrected chi connectivity index (χ3v) is 6.11. The third kappa shape index (κ3) is 5.33. The number of fused-ring (bicyclic) bond motifs is 2. The fourth-order valence-electron chi connectivity index (χ4n) is 4.71. The molecule has 2 saturated carbocycles. The molecule has 3 rings (SSSR count). The predicted octanol–water partition coefficient (Wildman–Crippen LogP) is 3.14. The largest absolute Gasteiger partial charge is 0.465 e. The highest BCUT2D eigenvalue weighted by molar-refractivity contribution is 5.85. The van der Waals surface area contributed by atoms with Crippen LogP contribution in [0.2, 0.25) is 0 Å². The highest BCUT2D eigenvalue weighted by atomic mass is 35.5. The Morgan fingerprint density at radius 1 is 1.13 bits per heavy atom. The second kappa shape index (κ2) is 9.24. The number of carbonyl (C=O) groups is 1. The van der Waals surface area contributed by atoms with Crippen molar-refractivity contribution in [2.75, 3.05) is 40.0 Å². The van der Waals surface area contributed by atoms with Gasteiger partial charge in [-0.25, -0.2) is 0 Å². The van der Waals surface area contributed by atoms with Crippen LogP contribution in [0.4, 0.5) is 0 Å². The number of nitrogens with zero attached hydrogens (tertiary/aromatic N) is 1. The quantitative estimate of drug-likeness (QED) is 0.664. The molecule has 2 aliphatic carbocycles. The van der Waals surface area contributed by atoms with E-state index in [1.54, 1.807) is 7.11 Å². The number of likely N-dealkylation sites (tertiary alicyclic amines) is 1. The molecule has 2 bridgehead atoms. The van der Waals surface area contributed by atoms with Crippen molar-refractivity contribution in [3.8, 4) is 0 Å². The predicted molar refractivity (Wildman–Crippen MR) is 92.8 cm³/mol.